The van der Waals surface area contributed by atoms with E-state index in [1.165, 1.54) is 12.8 Å². The van der Waals surface area contributed by atoms with Gasteiger partial charge in [-0.05, 0) is 64.2 Å². The molecule has 1 aliphatic heterocycles. The highest BCUT2D eigenvalue weighted by atomic mass is 79.9. The molecule has 2 atom stereocenters. The van der Waals surface area contributed by atoms with Gasteiger partial charge in [-0.2, -0.15) is 0 Å². The second kappa shape index (κ2) is 6.25. The van der Waals surface area contributed by atoms with Gasteiger partial charge in [0.2, 0.25) is 0 Å². The van der Waals surface area contributed by atoms with Crippen molar-refractivity contribution in [2.24, 2.45) is 0 Å². The molecule has 1 N–H and O–H groups in total. The zero-order valence-electron chi connectivity index (χ0n) is 11.9. The number of phenols is 1. The summed E-state index contributed by atoms with van der Waals surface area (Å²) in [6.45, 7) is 4.33. The topological polar surface area (TPSA) is 26.7 Å². The molecule has 2 rings (SSSR count). The van der Waals surface area contributed by atoms with Gasteiger partial charge in [-0.15, -0.1) is 0 Å². The number of halogens is 1. The Bertz CT molecular complexity index is 438. The molecule has 1 heterocycles. The van der Waals surface area contributed by atoms with Crippen molar-refractivity contribution in [1.29, 1.82) is 0 Å². The van der Waals surface area contributed by atoms with Crippen LogP contribution in [-0.2, 0) is 6.54 Å². The van der Waals surface area contributed by atoms with Crippen LogP contribution in [0.3, 0.4) is 0 Å². The van der Waals surface area contributed by atoms with E-state index < -0.39 is 0 Å². The Morgan fingerprint density at radius 1 is 1.47 bits per heavy atom. The highest BCUT2D eigenvalue weighted by Gasteiger charge is 2.25. The maximum Gasteiger partial charge on any atom is 0.115 e. The maximum atomic E-state index is 9.59. The minimum atomic E-state index is 0.336. The minimum Gasteiger partial charge on any atom is -0.508 e. The third-order valence-corrected chi connectivity index (χ3v) is 5.03. The first-order valence-electron chi connectivity index (χ1n) is 6.85. The van der Waals surface area contributed by atoms with Crippen molar-refractivity contribution in [3.63, 3.8) is 0 Å². The van der Waals surface area contributed by atoms with Crippen LogP contribution in [0.4, 0.5) is 0 Å². The number of rotatable bonds is 3. The number of hydrogen-bond donors (Lipinski definition) is 1. The molecule has 0 radical (unpaired) electrons. The molecule has 0 saturated carbocycles. The summed E-state index contributed by atoms with van der Waals surface area (Å²) in [6, 6.07) is 6.74. The largest absolute Gasteiger partial charge is 0.508 e. The van der Waals surface area contributed by atoms with Crippen molar-refractivity contribution in [3.8, 4) is 5.75 Å². The van der Waals surface area contributed by atoms with Crippen LogP contribution in [0.2, 0.25) is 0 Å². The molecule has 3 nitrogen and oxygen atoms in total. The van der Waals surface area contributed by atoms with Crippen molar-refractivity contribution in [2.75, 3.05) is 20.6 Å². The van der Waals surface area contributed by atoms with E-state index in [1.807, 2.05) is 12.1 Å². The molecule has 19 heavy (non-hydrogen) atoms. The predicted molar refractivity (Wildman–Crippen MR) is 82.4 cm³/mol. The van der Waals surface area contributed by atoms with Crippen LogP contribution in [0.25, 0.3) is 0 Å². The van der Waals surface area contributed by atoms with Gasteiger partial charge in [0.25, 0.3) is 0 Å². The molecule has 1 aliphatic rings. The quantitative estimate of drug-likeness (QED) is 0.924. The number of likely N-dealkylation sites (tertiary alicyclic amines) is 1. The van der Waals surface area contributed by atoms with Gasteiger partial charge in [0.15, 0.2) is 0 Å². The molecule has 0 spiro atoms. The Kier molecular flexibility index (Phi) is 4.87. The number of phenolic OH excluding ortho intramolecular Hbond substituents is 1. The van der Waals surface area contributed by atoms with E-state index in [-0.39, 0.29) is 0 Å². The maximum absolute atomic E-state index is 9.59. The fourth-order valence-electron chi connectivity index (χ4n) is 2.75. The van der Waals surface area contributed by atoms with Crippen molar-refractivity contribution in [2.45, 2.75) is 38.4 Å². The van der Waals surface area contributed by atoms with Gasteiger partial charge in [-0.1, -0.05) is 15.9 Å². The van der Waals surface area contributed by atoms with Gasteiger partial charge in [-0.25, -0.2) is 0 Å². The number of benzene rings is 1. The van der Waals surface area contributed by atoms with Gasteiger partial charge in [0.1, 0.15) is 5.75 Å². The van der Waals surface area contributed by atoms with Gasteiger partial charge in [0, 0.05) is 23.1 Å². The normalized spacial score (nSPS) is 24.9. The SMILES string of the molecule is CC1CC(N(C)Cc2cc(O)ccc2Br)CCN1C. The molecular weight excluding hydrogens is 304 g/mol. The van der Waals surface area contributed by atoms with Crippen LogP contribution in [-0.4, -0.2) is 47.6 Å². The van der Waals surface area contributed by atoms with Gasteiger partial charge in [-0.3, -0.25) is 4.90 Å². The molecule has 0 bridgehead atoms. The van der Waals surface area contributed by atoms with Crippen LogP contribution >= 0.6 is 15.9 Å². The van der Waals surface area contributed by atoms with E-state index in [0.717, 1.165) is 23.1 Å². The molecule has 1 aromatic rings. The van der Waals surface area contributed by atoms with E-state index in [9.17, 15) is 5.11 Å². The highest BCUT2D eigenvalue weighted by molar-refractivity contribution is 9.10. The number of piperidine rings is 1. The van der Waals surface area contributed by atoms with Crippen molar-refractivity contribution < 1.29 is 5.11 Å². The predicted octanol–water partition coefficient (Wildman–Crippen LogP) is 3.07. The van der Waals surface area contributed by atoms with E-state index in [0.29, 0.717) is 17.8 Å². The average Bonchev–Trinajstić information content (AvgIpc) is 2.37. The van der Waals surface area contributed by atoms with Crippen LogP contribution in [0.15, 0.2) is 22.7 Å². The molecule has 0 amide bonds. The van der Waals surface area contributed by atoms with Crippen LogP contribution in [0, 0.1) is 0 Å². The van der Waals surface area contributed by atoms with E-state index in [2.05, 4.69) is 46.7 Å². The first kappa shape index (κ1) is 14.8. The van der Waals surface area contributed by atoms with Gasteiger partial charge in [0.05, 0.1) is 0 Å². The van der Waals surface area contributed by atoms with Gasteiger partial charge < -0.3 is 10.0 Å². The lowest BCUT2D eigenvalue weighted by molar-refractivity contribution is 0.101. The summed E-state index contributed by atoms with van der Waals surface area (Å²) in [4.78, 5) is 4.83. The van der Waals surface area contributed by atoms with E-state index >= 15 is 0 Å². The monoisotopic (exact) mass is 326 g/mol. The fraction of sp³-hybridized carbons (Fsp3) is 0.600. The molecule has 1 fully saturated rings. The minimum absolute atomic E-state index is 0.336. The number of nitrogens with zero attached hydrogens (tertiary/aromatic N) is 2. The third kappa shape index (κ3) is 3.71. The first-order chi connectivity index (χ1) is 8.97. The highest BCUT2D eigenvalue weighted by Crippen LogP contribution is 2.26. The van der Waals surface area contributed by atoms with Crippen LogP contribution in [0.5, 0.6) is 5.75 Å². The Balaban J connectivity index is 2.01. The lowest BCUT2D eigenvalue weighted by Gasteiger charge is -2.39. The lowest BCUT2D eigenvalue weighted by Crippen LogP contribution is -2.46. The summed E-state index contributed by atoms with van der Waals surface area (Å²) in [7, 11) is 4.38. The third-order valence-electron chi connectivity index (χ3n) is 4.25. The smallest absolute Gasteiger partial charge is 0.115 e. The molecule has 1 aromatic carbocycles. The molecule has 0 aromatic heterocycles. The van der Waals surface area contributed by atoms with Crippen LogP contribution in [0.1, 0.15) is 25.3 Å². The zero-order valence-corrected chi connectivity index (χ0v) is 13.5. The summed E-state index contributed by atoms with van der Waals surface area (Å²) in [5, 5.41) is 9.59. The van der Waals surface area contributed by atoms with Crippen LogP contribution < -0.4 is 0 Å². The second-order valence-corrected chi connectivity index (χ2v) is 6.55. The summed E-state index contributed by atoms with van der Waals surface area (Å²) >= 11 is 3.56. The Hall–Kier alpha value is -0.580. The lowest BCUT2D eigenvalue weighted by atomic mass is 9.97. The first-order valence-corrected chi connectivity index (χ1v) is 7.64. The van der Waals surface area contributed by atoms with E-state index in [1.54, 1.807) is 6.07 Å². The number of aromatic hydroxyl groups is 1. The Morgan fingerprint density at radius 3 is 2.89 bits per heavy atom. The Morgan fingerprint density at radius 2 is 2.21 bits per heavy atom. The average molecular weight is 327 g/mol. The molecule has 2 unspecified atom stereocenters. The van der Waals surface area contributed by atoms with Crippen molar-refractivity contribution >= 4 is 15.9 Å². The zero-order chi connectivity index (χ0) is 14.0. The molecular formula is C15H23BrN2O. The standard InChI is InChI=1S/C15H23BrN2O/c1-11-8-13(6-7-17(11)2)18(3)10-12-9-14(19)4-5-15(12)16/h4-5,9,11,13,19H,6-8,10H2,1-3H3. The molecule has 1 saturated heterocycles. The van der Waals surface area contributed by atoms with E-state index in [4.69, 9.17) is 0 Å². The number of hydrogen-bond acceptors (Lipinski definition) is 3. The summed E-state index contributed by atoms with van der Waals surface area (Å²) in [6.07, 6.45) is 2.43. The Labute approximate surface area is 124 Å². The van der Waals surface area contributed by atoms with Gasteiger partial charge >= 0.3 is 0 Å². The molecule has 4 heteroatoms. The van der Waals surface area contributed by atoms with Crippen molar-refractivity contribution in [1.82, 2.24) is 9.80 Å². The molecule has 106 valence electrons. The molecule has 0 aliphatic carbocycles. The fourth-order valence-corrected chi connectivity index (χ4v) is 3.12. The summed E-state index contributed by atoms with van der Waals surface area (Å²) in [5.74, 6) is 0.336. The summed E-state index contributed by atoms with van der Waals surface area (Å²) in [5.41, 5.74) is 1.15. The second-order valence-electron chi connectivity index (χ2n) is 5.70. The summed E-state index contributed by atoms with van der Waals surface area (Å²) < 4.78 is 1.07. The van der Waals surface area contributed by atoms with Crippen molar-refractivity contribution in [3.05, 3.63) is 28.2 Å².